The third kappa shape index (κ3) is 3.80. The Morgan fingerprint density at radius 2 is 2.10 bits per heavy atom. The highest BCUT2D eigenvalue weighted by molar-refractivity contribution is 7.09. The van der Waals surface area contributed by atoms with E-state index in [0.717, 1.165) is 24.3 Å². The topological polar surface area (TPSA) is 65.8 Å². The lowest BCUT2D eigenvalue weighted by atomic mass is 9.79. The fourth-order valence-corrected chi connectivity index (χ4v) is 3.18. The van der Waals surface area contributed by atoms with Gasteiger partial charge in [0.05, 0.1) is 12.1 Å². The third-order valence-electron chi connectivity index (χ3n) is 3.47. The number of amides is 1. The van der Waals surface area contributed by atoms with E-state index in [0.29, 0.717) is 12.8 Å². The van der Waals surface area contributed by atoms with Gasteiger partial charge in [-0.2, -0.15) is 5.26 Å². The number of hydrogen-bond donors (Lipinski definition) is 1. The largest absolute Gasteiger partial charge is 0.345 e. The van der Waals surface area contributed by atoms with Gasteiger partial charge in [0.15, 0.2) is 0 Å². The Hall–Kier alpha value is -1.41. The zero-order valence-corrected chi connectivity index (χ0v) is 13.3. The van der Waals surface area contributed by atoms with Crippen molar-refractivity contribution in [3.63, 3.8) is 0 Å². The second-order valence-corrected chi connectivity index (χ2v) is 5.92. The van der Waals surface area contributed by atoms with Gasteiger partial charge < -0.3 is 5.32 Å². The summed E-state index contributed by atoms with van der Waals surface area (Å²) in [6.45, 7) is 6.03. The van der Waals surface area contributed by atoms with Gasteiger partial charge in [0.1, 0.15) is 10.4 Å². The molecule has 0 aliphatic rings. The number of aromatic nitrogens is 1. The van der Waals surface area contributed by atoms with Crippen LogP contribution in [0.15, 0.2) is 11.6 Å². The molecule has 110 valence electrons. The molecule has 0 aliphatic carbocycles. The van der Waals surface area contributed by atoms with Gasteiger partial charge in [-0.25, -0.2) is 4.98 Å². The van der Waals surface area contributed by atoms with Crippen molar-refractivity contribution in [1.82, 2.24) is 10.3 Å². The van der Waals surface area contributed by atoms with E-state index in [4.69, 9.17) is 0 Å². The summed E-state index contributed by atoms with van der Waals surface area (Å²) in [6.07, 6.45) is 5.39. The van der Waals surface area contributed by atoms with Gasteiger partial charge in [-0.15, -0.1) is 11.3 Å². The summed E-state index contributed by atoms with van der Waals surface area (Å²) in [5.74, 6) is -0.147. The molecule has 1 rings (SSSR count). The summed E-state index contributed by atoms with van der Waals surface area (Å²) >= 11 is 1.53. The zero-order chi connectivity index (χ0) is 15.0. The van der Waals surface area contributed by atoms with E-state index in [-0.39, 0.29) is 11.9 Å². The van der Waals surface area contributed by atoms with Crippen LogP contribution in [-0.4, -0.2) is 10.9 Å². The second kappa shape index (κ2) is 8.01. The van der Waals surface area contributed by atoms with E-state index in [1.54, 1.807) is 6.20 Å². The van der Waals surface area contributed by atoms with Crippen LogP contribution in [0.1, 0.15) is 63.9 Å². The first-order chi connectivity index (χ1) is 9.63. The number of thiazole rings is 1. The van der Waals surface area contributed by atoms with E-state index < -0.39 is 5.41 Å². The molecule has 0 radical (unpaired) electrons. The van der Waals surface area contributed by atoms with Crippen LogP contribution < -0.4 is 5.32 Å². The maximum atomic E-state index is 12.6. The van der Waals surface area contributed by atoms with Crippen LogP contribution >= 0.6 is 11.3 Å². The number of nitriles is 1. The summed E-state index contributed by atoms with van der Waals surface area (Å²) < 4.78 is 0. The number of nitrogens with zero attached hydrogens (tertiary/aromatic N) is 2. The van der Waals surface area contributed by atoms with Crippen LogP contribution in [0.2, 0.25) is 0 Å². The maximum absolute atomic E-state index is 12.6. The first-order valence-electron chi connectivity index (χ1n) is 7.25. The van der Waals surface area contributed by atoms with Gasteiger partial charge in [-0.3, -0.25) is 4.79 Å². The smallest absolute Gasteiger partial charge is 0.241 e. The van der Waals surface area contributed by atoms with Gasteiger partial charge in [-0.1, -0.05) is 33.6 Å². The third-order valence-corrected chi connectivity index (χ3v) is 4.35. The molecule has 0 aliphatic heterocycles. The predicted molar refractivity (Wildman–Crippen MR) is 81.2 cm³/mol. The van der Waals surface area contributed by atoms with Gasteiger partial charge in [0.2, 0.25) is 5.91 Å². The molecule has 20 heavy (non-hydrogen) atoms. The number of rotatable bonds is 8. The Balaban J connectivity index is 2.87. The highest BCUT2D eigenvalue weighted by Gasteiger charge is 2.38. The molecule has 5 heteroatoms. The molecular formula is C15H23N3OS. The molecule has 0 bridgehead atoms. The van der Waals surface area contributed by atoms with E-state index in [1.807, 2.05) is 26.2 Å². The minimum absolute atomic E-state index is 0.0936. The van der Waals surface area contributed by atoms with E-state index in [1.165, 1.54) is 11.3 Å². The Labute approximate surface area is 125 Å². The fraction of sp³-hybridized carbons (Fsp3) is 0.667. The first-order valence-corrected chi connectivity index (χ1v) is 8.13. The van der Waals surface area contributed by atoms with Gasteiger partial charge in [0.25, 0.3) is 0 Å². The van der Waals surface area contributed by atoms with Crippen molar-refractivity contribution in [2.24, 2.45) is 5.41 Å². The van der Waals surface area contributed by atoms with Crippen LogP contribution in [0, 0.1) is 16.7 Å². The summed E-state index contributed by atoms with van der Waals surface area (Å²) in [6, 6.07) is 2.17. The second-order valence-electron chi connectivity index (χ2n) is 5.00. The standard InChI is InChI=1S/C15H23N3OS/c1-4-7-15(11-16,8-5-2)14(19)18-12(6-3)13-17-9-10-20-13/h9-10,12H,4-8H2,1-3H3,(H,18,19). The summed E-state index contributed by atoms with van der Waals surface area (Å²) in [7, 11) is 0. The van der Waals surface area contributed by atoms with Gasteiger partial charge in [0, 0.05) is 11.6 Å². The quantitative estimate of drug-likeness (QED) is 0.792. The molecule has 1 aromatic heterocycles. The van der Waals surface area contributed by atoms with Crippen molar-refractivity contribution in [3.8, 4) is 6.07 Å². The highest BCUT2D eigenvalue weighted by atomic mass is 32.1. The molecule has 1 atom stereocenters. The van der Waals surface area contributed by atoms with Crippen molar-refractivity contribution in [2.75, 3.05) is 0 Å². The molecule has 4 nitrogen and oxygen atoms in total. The SMILES string of the molecule is CCCC(C#N)(CCC)C(=O)NC(CC)c1nccs1. The molecule has 0 aromatic carbocycles. The summed E-state index contributed by atoms with van der Waals surface area (Å²) in [5, 5.41) is 15.3. The Morgan fingerprint density at radius 1 is 1.45 bits per heavy atom. The predicted octanol–water partition coefficient (Wildman–Crippen LogP) is 3.82. The molecule has 1 N–H and O–H groups in total. The van der Waals surface area contributed by atoms with Crippen LogP contribution in [-0.2, 0) is 4.79 Å². The fourth-order valence-electron chi connectivity index (χ4n) is 2.41. The van der Waals surface area contributed by atoms with E-state index in [2.05, 4.69) is 16.4 Å². The van der Waals surface area contributed by atoms with Crippen LogP contribution in [0.5, 0.6) is 0 Å². The van der Waals surface area contributed by atoms with Crippen molar-refractivity contribution >= 4 is 17.2 Å². The Kier molecular flexibility index (Phi) is 6.66. The molecule has 1 heterocycles. The van der Waals surface area contributed by atoms with Crippen molar-refractivity contribution in [1.29, 1.82) is 5.26 Å². The lowest BCUT2D eigenvalue weighted by molar-refractivity contribution is -0.129. The van der Waals surface area contributed by atoms with Crippen LogP contribution in [0.25, 0.3) is 0 Å². The average molecular weight is 293 g/mol. The van der Waals surface area contributed by atoms with Crippen LogP contribution in [0.3, 0.4) is 0 Å². The van der Waals surface area contributed by atoms with Crippen molar-refractivity contribution in [2.45, 2.75) is 58.9 Å². The lowest BCUT2D eigenvalue weighted by Crippen LogP contribution is -2.41. The molecule has 0 saturated heterocycles. The summed E-state index contributed by atoms with van der Waals surface area (Å²) in [4.78, 5) is 16.8. The zero-order valence-electron chi connectivity index (χ0n) is 12.5. The first kappa shape index (κ1) is 16.6. The lowest BCUT2D eigenvalue weighted by Gasteiger charge is -2.27. The molecule has 0 saturated carbocycles. The number of carbonyl (C=O) groups is 1. The van der Waals surface area contributed by atoms with Crippen molar-refractivity contribution in [3.05, 3.63) is 16.6 Å². The average Bonchev–Trinajstić information content (AvgIpc) is 2.98. The number of nitrogens with one attached hydrogen (secondary N) is 1. The molecule has 1 amide bonds. The molecule has 1 unspecified atom stereocenters. The maximum Gasteiger partial charge on any atom is 0.241 e. The normalized spacial score (nSPS) is 12.7. The molecule has 0 spiro atoms. The monoisotopic (exact) mass is 293 g/mol. The van der Waals surface area contributed by atoms with Crippen molar-refractivity contribution < 1.29 is 4.79 Å². The van der Waals surface area contributed by atoms with Crippen LogP contribution in [0.4, 0.5) is 0 Å². The minimum atomic E-state index is -0.895. The number of carbonyl (C=O) groups excluding carboxylic acids is 1. The van der Waals surface area contributed by atoms with Gasteiger partial charge in [-0.05, 0) is 19.3 Å². The Morgan fingerprint density at radius 3 is 2.50 bits per heavy atom. The van der Waals surface area contributed by atoms with E-state index >= 15 is 0 Å². The number of hydrogen-bond acceptors (Lipinski definition) is 4. The molecule has 1 aromatic rings. The Bertz CT molecular complexity index is 444. The molecular weight excluding hydrogens is 270 g/mol. The minimum Gasteiger partial charge on any atom is -0.345 e. The highest BCUT2D eigenvalue weighted by Crippen LogP contribution is 2.31. The molecule has 0 fully saturated rings. The van der Waals surface area contributed by atoms with E-state index in [9.17, 15) is 10.1 Å². The summed E-state index contributed by atoms with van der Waals surface area (Å²) in [5.41, 5.74) is -0.895. The van der Waals surface area contributed by atoms with Gasteiger partial charge >= 0.3 is 0 Å².